The summed E-state index contributed by atoms with van der Waals surface area (Å²) in [7, 11) is 1.56. The lowest BCUT2D eigenvalue weighted by Crippen LogP contribution is -2.38. The molecule has 1 aliphatic carbocycles. The van der Waals surface area contributed by atoms with Gasteiger partial charge in [-0.1, -0.05) is 38.7 Å². The van der Waals surface area contributed by atoms with E-state index in [4.69, 9.17) is 5.73 Å². The quantitative estimate of drug-likeness (QED) is 0.653. The minimum atomic E-state index is -0.670. The molecule has 0 heterocycles. The second-order valence-corrected chi connectivity index (χ2v) is 5.36. The van der Waals surface area contributed by atoms with Gasteiger partial charge in [-0.05, 0) is 12.3 Å². The van der Waals surface area contributed by atoms with Crippen LogP contribution in [0, 0.1) is 5.92 Å². The van der Waals surface area contributed by atoms with E-state index in [0.29, 0.717) is 11.5 Å². The standard InChI is InChI=1S/C14H26N2O2.ClH/c1-10(14(18)16-2)8-13(17)12(15)9-11-6-4-3-5-7-11;/h11-13,17H,1,3-9,15H2,2H3,(H,16,18);1H/t12-,13-;/m0./s1. The van der Waals surface area contributed by atoms with E-state index in [2.05, 4.69) is 11.9 Å². The Balaban J connectivity index is 0.00000324. The maximum Gasteiger partial charge on any atom is 0.246 e. The maximum atomic E-state index is 11.3. The van der Waals surface area contributed by atoms with Crippen LogP contribution in [-0.2, 0) is 4.79 Å². The third-order valence-corrected chi connectivity index (χ3v) is 3.83. The molecule has 112 valence electrons. The van der Waals surface area contributed by atoms with Gasteiger partial charge in [-0.3, -0.25) is 4.79 Å². The summed E-state index contributed by atoms with van der Waals surface area (Å²) < 4.78 is 0. The number of aliphatic hydroxyl groups excluding tert-OH is 1. The summed E-state index contributed by atoms with van der Waals surface area (Å²) >= 11 is 0. The van der Waals surface area contributed by atoms with Crippen molar-refractivity contribution >= 4 is 18.3 Å². The van der Waals surface area contributed by atoms with Crippen LogP contribution >= 0.6 is 12.4 Å². The number of nitrogens with two attached hydrogens (primary N) is 1. The van der Waals surface area contributed by atoms with Crippen LogP contribution in [0.4, 0.5) is 0 Å². The molecule has 5 heteroatoms. The highest BCUT2D eigenvalue weighted by atomic mass is 35.5. The van der Waals surface area contributed by atoms with E-state index in [-0.39, 0.29) is 30.8 Å². The lowest BCUT2D eigenvalue weighted by Gasteiger charge is -2.27. The minimum absolute atomic E-state index is 0. The number of hydrogen-bond acceptors (Lipinski definition) is 3. The zero-order valence-electron chi connectivity index (χ0n) is 11.7. The molecule has 0 aromatic heterocycles. The second kappa shape index (κ2) is 9.34. The Hall–Kier alpha value is -0.580. The summed E-state index contributed by atoms with van der Waals surface area (Å²) in [6, 6.07) is -0.255. The average Bonchev–Trinajstić information content (AvgIpc) is 2.38. The van der Waals surface area contributed by atoms with E-state index in [0.717, 1.165) is 6.42 Å². The monoisotopic (exact) mass is 290 g/mol. The van der Waals surface area contributed by atoms with Crippen LogP contribution in [0.25, 0.3) is 0 Å². The van der Waals surface area contributed by atoms with Crippen molar-refractivity contribution in [3.05, 3.63) is 12.2 Å². The van der Waals surface area contributed by atoms with Gasteiger partial charge in [0, 0.05) is 25.1 Å². The fraction of sp³-hybridized carbons (Fsp3) is 0.786. The van der Waals surface area contributed by atoms with E-state index in [1.54, 1.807) is 7.05 Å². The molecule has 1 amide bonds. The summed E-state index contributed by atoms with van der Waals surface area (Å²) in [4.78, 5) is 11.3. The van der Waals surface area contributed by atoms with Gasteiger partial charge in [0.25, 0.3) is 0 Å². The highest BCUT2D eigenvalue weighted by Crippen LogP contribution is 2.28. The normalized spacial score (nSPS) is 19.1. The van der Waals surface area contributed by atoms with Gasteiger partial charge in [-0.2, -0.15) is 0 Å². The Morgan fingerprint density at radius 1 is 1.42 bits per heavy atom. The van der Waals surface area contributed by atoms with Gasteiger partial charge in [0.1, 0.15) is 0 Å². The maximum absolute atomic E-state index is 11.3. The Morgan fingerprint density at radius 3 is 2.53 bits per heavy atom. The van der Waals surface area contributed by atoms with Crippen LogP contribution in [0.5, 0.6) is 0 Å². The van der Waals surface area contributed by atoms with Crippen molar-refractivity contribution in [2.75, 3.05) is 7.05 Å². The van der Waals surface area contributed by atoms with E-state index in [1.165, 1.54) is 32.1 Å². The predicted molar refractivity (Wildman–Crippen MR) is 80.2 cm³/mol. The molecule has 19 heavy (non-hydrogen) atoms. The van der Waals surface area contributed by atoms with Gasteiger partial charge in [0.15, 0.2) is 0 Å². The van der Waals surface area contributed by atoms with Crippen LogP contribution < -0.4 is 11.1 Å². The van der Waals surface area contributed by atoms with Crippen LogP contribution in [0.15, 0.2) is 12.2 Å². The van der Waals surface area contributed by atoms with Crippen LogP contribution in [0.1, 0.15) is 44.9 Å². The number of rotatable bonds is 6. The molecule has 0 unspecified atom stereocenters. The zero-order chi connectivity index (χ0) is 13.5. The highest BCUT2D eigenvalue weighted by molar-refractivity contribution is 5.92. The van der Waals surface area contributed by atoms with E-state index in [1.807, 2.05) is 0 Å². The summed E-state index contributed by atoms with van der Waals surface area (Å²) in [5.74, 6) is 0.413. The van der Waals surface area contributed by atoms with Gasteiger partial charge in [-0.15, -0.1) is 12.4 Å². The molecule has 1 saturated carbocycles. The Labute approximate surface area is 122 Å². The molecule has 0 bridgehead atoms. The molecule has 0 saturated heterocycles. The first kappa shape index (κ1) is 18.4. The molecule has 4 nitrogen and oxygen atoms in total. The van der Waals surface area contributed by atoms with Crippen LogP contribution in [0.2, 0.25) is 0 Å². The largest absolute Gasteiger partial charge is 0.391 e. The first-order valence-corrected chi connectivity index (χ1v) is 6.88. The van der Waals surface area contributed by atoms with Gasteiger partial charge in [0.05, 0.1) is 6.10 Å². The number of likely N-dealkylation sites (N-methyl/N-ethyl adjacent to an activating group) is 1. The molecule has 0 aromatic rings. The highest BCUT2D eigenvalue weighted by Gasteiger charge is 2.23. The van der Waals surface area contributed by atoms with Crippen molar-refractivity contribution < 1.29 is 9.90 Å². The fourth-order valence-electron chi connectivity index (χ4n) is 2.64. The number of hydrogen-bond donors (Lipinski definition) is 3. The molecule has 0 spiro atoms. The molecular formula is C14H27ClN2O2. The molecule has 1 aliphatic rings. The van der Waals surface area contributed by atoms with Gasteiger partial charge < -0.3 is 16.2 Å². The molecule has 1 rings (SSSR count). The Morgan fingerprint density at radius 2 is 2.00 bits per heavy atom. The molecule has 1 fully saturated rings. The van der Waals surface area contributed by atoms with Crippen LogP contribution in [0.3, 0.4) is 0 Å². The topological polar surface area (TPSA) is 75.3 Å². The van der Waals surface area contributed by atoms with Crippen molar-refractivity contribution in [3.8, 4) is 0 Å². The number of aliphatic hydroxyl groups is 1. The second-order valence-electron chi connectivity index (χ2n) is 5.36. The smallest absolute Gasteiger partial charge is 0.246 e. The van der Waals surface area contributed by atoms with Gasteiger partial charge in [-0.25, -0.2) is 0 Å². The minimum Gasteiger partial charge on any atom is -0.391 e. The lowest BCUT2D eigenvalue weighted by molar-refractivity contribution is -0.117. The van der Waals surface area contributed by atoms with Crippen molar-refractivity contribution in [2.45, 2.75) is 57.1 Å². The predicted octanol–water partition coefficient (Wildman–Crippen LogP) is 1.76. The van der Waals surface area contributed by atoms with Crippen molar-refractivity contribution in [1.29, 1.82) is 0 Å². The Bertz CT molecular complexity index is 291. The molecule has 4 N–H and O–H groups in total. The summed E-state index contributed by atoms with van der Waals surface area (Å²) in [5.41, 5.74) is 6.41. The third kappa shape index (κ3) is 6.41. The van der Waals surface area contributed by atoms with Crippen LogP contribution in [-0.4, -0.2) is 30.2 Å². The molecular weight excluding hydrogens is 264 g/mol. The average molecular weight is 291 g/mol. The lowest BCUT2D eigenvalue weighted by atomic mass is 9.83. The number of carbonyl (C=O) groups is 1. The van der Waals surface area contributed by atoms with Crippen molar-refractivity contribution in [3.63, 3.8) is 0 Å². The van der Waals surface area contributed by atoms with Crippen molar-refractivity contribution in [2.24, 2.45) is 11.7 Å². The summed E-state index contributed by atoms with van der Waals surface area (Å²) in [6.45, 7) is 3.67. The van der Waals surface area contributed by atoms with Gasteiger partial charge >= 0.3 is 0 Å². The van der Waals surface area contributed by atoms with E-state index >= 15 is 0 Å². The summed E-state index contributed by atoms with van der Waals surface area (Å²) in [6.07, 6.45) is 6.75. The number of amides is 1. The number of nitrogens with one attached hydrogen (secondary N) is 1. The van der Waals surface area contributed by atoms with E-state index < -0.39 is 6.10 Å². The zero-order valence-corrected chi connectivity index (χ0v) is 12.5. The van der Waals surface area contributed by atoms with Gasteiger partial charge in [0.2, 0.25) is 5.91 Å². The first-order valence-electron chi connectivity index (χ1n) is 6.88. The third-order valence-electron chi connectivity index (χ3n) is 3.83. The van der Waals surface area contributed by atoms with Crippen molar-refractivity contribution in [1.82, 2.24) is 5.32 Å². The number of halogens is 1. The Kier molecular flexibility index (Phi) is 9.06. The first-order chi connectivity index (χ1) is 8.54. The molecule has 0 aliphatic heterocycles. The fourth-order valence-corrected chi connectivity index (χ4v) is 2.64. The molecule has 2 atom stereocenters. The SMILES string of the molecule is C=C(C[C@H](O)[C@@H](N)CC1CCCCC1)C(=O)NC.Cl. The molecule has 0 radical (unpaired) electrons. The molecule has 0 aromatic carbocycles. The van der Waals surface area contributed by atoms with E-state index in [9.17, 15) is 9.90 Å². The summed E-state index contributed by atoms with van der Waals surface area (Å²) in [5, 5.41) is 12.5. The number of carbonyl (C=O) groups excluding carboxylic acids is 1.